The van der Waals surface area contributed by atoms with Crippen LogP contribution in [0.4, 0.5) is 0 Å². The first-order valence-corrected chi connectivity index (χ1v) is 16.9. The molecule has 0 saturated heterocycles. The van der Waals surface area contributed by atoms with Gasteiger partial charge in [0.1, 0.15) is 0 Å². The summed E-state index contributed by atoms with van der Waals surface area (Å²) in [5.74, 6) is 5.15. The van der Waals surface area contributed by atoms with E-state index in [4.69, 9.17) is 0 Å². The Morgan fingerprint density at radius 3 is 1.72 bits per heavy atom. The Balaban J connectivity index is 1.73. The van der Waals surface area contributed by atoms with Gasteiger partial charge in [-0.05, 0) is 65.9 Å². The largest absolute Gasteiger partial charge is 0.0808 e. The first-order chi connectivity index (χ1) is 15.7. The molecule has 1 heteroatoms. The van der Waals surface area contributed by atoms with Gasteiger partial charge in [0, 0.05) is 0 Å². The molecule has 0 heterocycles. The lowest BCUT2D eigenvalue weighted by molar-refractivity contribution is 0.383. The molecule has 8 atom stereocenters. The molecule has 0 aromatic carbocycles. The normalized spacial score (nSPS) is 37.8. The molecule has 0 N–H and O–H groups in total. The summed E-state index contributed by atoms with van der Waals surface area (Å²) in [7, 11) is -1.48. The molecule has 178 valence electrons. The Bertz CT molecular complexity index is 704. The second-order valence-electron chi connectivity index (χ2n) is 11.9. The third kappa shape index (κ3) is 4.57. The molecular weight excluding hydrogens is 400 g/mol. The molecule has 4 aliphatic carbocycles. The van der Waals surface area contributed by atoms with Gasteiger partial charge < -0.3 is 0 Å². The summed E-state index contributed by atoms with van der Waals surface area (Å²) < 4.78 is 0. The van der Waals surface area contributed by atoms with Gasteiger partial charge in [-0.2, -0.15) is 0 Å². The molecule has 0 nitrogen and oxygen atoms in total. The maximum Gasteiger partial charge on any atom is 0.0610 e. The highest BCUT2D eigenvalue weighted by atomic mass is 28.3. The Morgan fingerprint density at radius 1 is 0.625 bits per heavy atom. The second kappa shape index (κ2) is 11.1. The standard InChI is InChI=1S/C31H50Si/c1-5-8-15-25-23-31(29-19-14-12-17-27(25)29)32(20-9-6-2,21-10-7-3)30-22-24(4)26-16-11-13-18-28(26)30/h11-14,16-19,24-31H,5-10,15,20-23H2,1-4H3. The van der Waals surface area contributed by atoms with E-state index in [2.05, 4.69) is 76.3 Å². The molecule has 2 saturated carbocycles. The van der Waals surface area contributed by atoms with Crippen LogP contribution in [0.2, 0.25) is 23.2 Å². The van der Waals surface area contributed by atoms with Crippen molar-refractivity contribution in [2.75, 3.05) is 0 Å². The number of hydrogen-bond acceptors (Lipinski definition) is 0. The van der Waals surface area contributed by atoms with Gasteiger partial charge in [0.25, 0.3) is 0 Å². The minimum absolute atomic E-state index is 0.815. The van der Waals surface area contributed by atoms with Gasteiger partial charge in [0.2, 0.25) is 0 Å². The highest BCUT2D eigenvalue weighted by Gasteiger charge is 2.58. The lowest BCUT2D eigenvalue weighted by atomic mass is 9.84. The van der Waals surface area contributed by atoms with E-state index in [1.165, 1.54) is 51.4 Å². The Hall–Kier alpha value is -0.823. The summed E-state index contributed by atoms with van der Waals surface area (Å²) in [6.07, 6.45) is 33.1. The summed E-state index contributed by atoms with van der Waals surface area (Å²) >= 11 is 0. The van der Waals surface area contributed by atoms with Crippen LogP contribution < -0.4 is 0 Å². The van der Waals surface area contributed by atoms with Gasteiger partial charge in [-0.3, -0.25) is 0 Å². The summed E-state index contributed by atoms with van der Waals surface area (Å²) in [6, 6.07) is 3.21. The first-order valence-electron chi connectivity index (χ1n) is 14.4. The van der Waals surface area contributed by atoms with Crippen molar-refractivity contribution < 1.29 is 0 Å². The van der Waals surface area contributed by atoms with Crippen LogP contribution >= 0.6 is 0 Å². The molecular formula is C31H50Si. The van der Waals surface area contributed by atoms with Crippen LogP contribution in [0.1, 0.15) is 85.5 Å². The van der Waals surface area contributed by atoms with Crippen molar-refractivity contribution in [1.29, 1.82) is 0 Å². The molecule has 32 heavy (non-hydrogen) atoms. The molecule has 2 fully saturated rings. The van der Waals surface area contributed by atoms with Gasteiger partial charge in [-0.15, -0.1) is 0 Å². The van der Waals surface area contributed by atoms with Crippen molar-refractivity contribution in [3.63, 3.8) is 0 Å². The van der Waals surface area contributed by atoms with Crippen molar-refractivity contribution in [1.82, 2.24) is 0 Å². The molecule has 8 unspecified atom stereocenters. The molecule has 0 radical (unpaired) electrons. The molecule has 0 aliphatic heterocycles. The van der Waals surface area contributed by atoms with Crippen molar-refractivity contribution in [3.05, 3.63) is 48.6 Å². The lowest BCUT2D eigenvalue weighted by Gasteiger charge is -2.48. The van der Waals surface area contributed by atoms with Gasteiger partial charge in [0.15, 0.2) is 0 Å². The summed E-state index contributed by atoms with van der Waals surface area (Å²) in [4.78, 5) is 0. The quantitative estimate of drug-likeness (QED) is 0.275. The van der Waals surface area contributed by atoms with E-state index in [0.29, 0.717) is 0 Å². The monoisotopic (exact) mass is 450 g/mol. The molecule has 0 spiro atoms. The molecule has 0 amide bonds. The Kier molecular flexibility index (Phi) is 8.41. The number of hydrogen-bond donors (Lipinski definition) is 0. The van der Waals surface area contributed by atoms with Crippen LogP contribution in [0.25, 0.3) is 0 Å². The zero-order valence-corrected chi connectivity index (χ0v) is 22.5. The van der Waals surface area contributed by atoms with Crippen molar-refractivity contribution in [2.24, 2.45) is 35.5 Å². The van der Waals surface area contributed by atoms with Crippen molar-refractivity contribution in [3.8, 4) is 0 Å². The van der Waals surface area contributed by atoms with Gasteiger partial charge in [-0.1, -0.05) is 127 Å². The van der Waals surface area contributed by atoms with Crippen molar-refractivity contribution >= 4 is 8.07 Å². The predicted molar refractivity (Wildman–Crippen MR) is 145 cm³/mol. The van der Waals surface area contributed by atoms with E-state index >= 15 is 0 Å². The number of fused-ring (bicyclic) bond motifs is 2. The summed E-state index contributed by atoms with van der Waals surface area (Å²) in [5.41, 5.74) is 2.03. The number of unbranched alkanes of at least 4 members (excludes halogenated alkanes) is 3. The Morgan fingerprint density at radius 2 is 1.12 bits per heavy atom. The molecule has 4 rings (SSSR count). The van der Waals surface area contributed by atoms with E-state index in [-0.39, 0.29) is 0 Å². The van der Waals surface area contributed by atoms with Crippen LogP contribution in [-0.2, 0) is 0 Å². The SMILES string of the molecule is CCCCC1CC([Si](CCCC)(CCCC)C2CC(C)C3C=CC=CC32)C2C=CC=CC12. The smallest absolute Gasteiger partial charge is 0.0610 e. The van der Waals surface area contributed by atoms with Crippen LogP contribution in [0.5, 0.6) is 0 Å². The van der Waals surface area contributed by atoms with Crippen LogP contribution in [-0.4, -0.2) is 8.07 Å². The average Bonchev–Trinajstić information content (AvgIpc) is 3.37. The zero-order chi connectivity index (χ0) is 22.6. The number of allylic oxidation sites excluding steroid dienone is 8. The highest BCUT2D eigenvalue weighted by Crippen LogP contribution is 2.64. The maximum absolute atomic E-state index is 2.69. The topological polar surface area (TPSA) is 0 Å². The second-order valence-corrected chi connectivity index (χ2v) is 16.8. The highest BCUT2D eigenvalue weighted by molar-refractivity contribution is 6.83. The van der Waals surface area contributed by atoms with E-state index < -0.39 is 8.07 Å². The number of rotatable bonds is 11. The van der Waals surface area contributed by atoms with E-state index in [1.54, 1.807) is 18.5 Å². The average molecular weight is 451 g/mol. The molecule has 0 aromatic rings. The zero-order valence-electron chi connectivity index (χ0n) is 21.5. The molecule has 0 aromatic heterocycles. The minimum Gasteiger partial charge on any atom is -0.0808 e. The van der Waals surface area contributed by atoms with Crippen LogP contribution in [0.3, 0.4) is 0 Å². The summed E-state index contributed by atoms with van der Waals surface area (Å²) in [6.45, 7) is 9.83. The molecule has 0 bridgehead atoms. The lowest BCUT2D eigenvalue weighted by Crippen LogP contribution is -2.48. The minimum atomic E-state index is -1.48. The third-order valence-corrected chi connectivity index (χ3v) is 16.9. The Labute approximate surface area is 200 Å². The maximum atomic E-state index is 2.69. The predicted octanol–water partition coefficient (Wildman–Crippen LogP) is 9.74. The molecule has 4 aliphatic rings. The fourth-order valence-electron chi connectivity index (χ4n) is 8.65. The van der Waals surface area contributed by atoms with Gasteiger partial charge in [-0.25, -0.2) is 0 Å². The van der Waals surface area contributed by atoms with E-state index in [0.717, 1.165) is 46.6 Å². The first kappa shape index (κ1) is 24.3. The summed E-state index contributed by atoms with van der Waals surface area (Å²) in [5, 5.41) is 0. The van der Waals surface area contributed by atoms with E-state index in [9.17, 15) is 0 Å². The third-order valence-electron chi connectivity index (χ3n) is 10.2. The van der Waals surface area contributed by atoms with Crippen LogP contribution in [0, 0.1) is 35.5 Å². The van der Waals surface area contributed by atoms with Gasteiger partial charge >= 0.3 is 0 Å². The fourth-order valence-corrected chi connectivity index (χ4v) is 16.8. The fraction of sp³-hybridized carbons (Fsp3) is 0.742. The van der Waals surface area contributed by atoms with Gasteiger partial charge in [0.05, 0.1) is 8.07 Å². The van der Waals surface area contributed by atoms with E-state index in [1.807, 2.05) is 0 Å². The van der Waals surface area contributed by atoms with Crippen molar-refractivity contribution in [2.45, 2.75) is 109 Å². The van der Waals surface area contributed by atoms with Crippen LogP contribution in [0.15, 0.2) is 48.6 Å².